The van der Waals surface area contributed by atoms with Gasteiger partial charge in [0.1, 0.15) is 0 Å². The Bertz CT molecular complexity index is 769. The average molecular weight is 346 g/mol. The third-order valence-electron chi connectivity index (χ3n) is 3.85. The quantitative estimate of drug-likeness (QED) is 0.896. The van der Waals surface area contributed by atoms with Crippen molar-refractivity contribution in [3.05, 3.63) is 47.5 Å². The van der Waals surface area contributed by atoms with Gasteiger partial charge in [-0.3, -0.25) is 0 Å². The summed E-state index contributed by atoms with van der Waals surface area (Å²) in [5.74, 6) is 2.67. The minimum Gasteiger partial charge on any atom is -0.478 e. The van der Waals surface area contributed by atoms with Gasteiger partial charge >= 0.3 is 5.97 Å². The zero-order chi connectivity index (χ0) is 15.8. The first-order valence-corrected chi connectivity index (χ1v) is 9.32. The minimum atomic E-state index is -0.910. The van der Waals surface area contributed by atoms with E-state index in [2.05, 4.69) is 0 Å². The maximum Gasteiger partial charge on any atom is 0.336 e. The number of hydrogen-bond acceptors (Lipinski definition) is 5. The summed E-state index contributed by atoms with van der Waals surface area (Å²) in [7, 11) is 0. The molecule has 118 valence electrons. The third kappa shape index (κ3) is 2.77. The molecule has 0 aliphatic carbocycles. The van der Waals surface area contributed by atoms with Gasteiger partial charge in [0, 0.05) is 11.5 Å². The van der Waals surface area contributed by atoms with Crippen molar-refractivity contribution in [2.24, 2.45) is 0 Å². The van der Waals surface area contributed by atoms with Gasteiger partial charge in [-0.1, -0.05) is 18.2 Å². The van der Waals surface area contributed by atoms with Gasteiger partial charge in [0.2, 0.25) is 6.79 Å². The number of ether oxygens (including phenoxy) is 2. The van der Waals surface area contributed by atoms with Crippen LogP contribution in [0.1, 0.15) is 20.5 Å². The van der Waals surface area contributed by atoms with Crippen molar-refractivity contribution >= 4 is 29.5 Å². The molecule has 1 fully saturated rings. The van der Waals surface area contributed by atoms with Crippen molar-refractivity contribution in [3.8, 4) is 22.6 Å². The van der Waals surface area contributed by atoms with Crippen LogP contribution in [0.15, 0.2) is 36.4 Å². The fraction of sp³-hybridized carbons (Fsp3) is 0.235. The first kappa shape index (κ1) is 14.8. The van der Waals surface area contributed by atoms with Gasteiger partial charge in [0.05, 0.1) is 10.1 Å². The van der Waals surface area contributed by atoms with E-state index in [0.717, 1.165) is 22.6 Å². The summed E-state index contributed by atoms with van der Waals surface area (Å²) < 4.78 is 11.0. The van der Waals surface area contributed by atoms with Gasteiger partial charge in [0.15, 0.2) is 11.5 Å². The van der Waals surface area contributed by atoms with E-state index in [1.807, 2.05) is 53.9 Å². The molecular weight excluding hydrogens is 332 g/mol. The van der Waals surface area contributed by atoms with Gasteiger partial charge < -0.3 is 14.6 Å². The lowest BCUT2D eigenvalue weighted by Gasteiger charge is -2.13. The molecule has 0 aromatic heterocycles. The number of benzene rings is 2. The summed E-state index contributed by atoms with van der Waals surface area (Å²) in [5.41, 5.74) is 2.92. The molecule has 0 unspecified atom stereocenters. The van der Waals surface area contributed by atoms with Crippen LogP contribution in [0, 0.1) is 0 Å². The molecule has 6 heteroatoms. The predicted molar refractivity (Wildman–Crippen MR) is 92.6 cm³/mol. The fourth-order valence-electron chi connectivity index (χ4n) is 2.75. The van der Waals surface area contributed by atoms with Gasteiger partial charge in [0.25, 0.3) is 0 Å². The topological polar surface area (TPSA) is 55.8 Å². The van der Waals surface area contributed by atoms with E-state index in [1.54, 1.807) is 6.07 Å². The maximum absolute atomic E-state index is 11.7. The van der Waals surface area contributed by atoms with Crippen molar-refractivity contribution in [2.75, 3.05) is 18.3 Å². The largest absolute Gasteiger partial charge is 0.478 e. The van der Waals surface area contributed by atoms with E-state index in [9.17, 15) is 9.90 Å². The van der Waals surface area contributed by atoms with Gasteiger partial charge in [-0.2, -0.15) is 0 Å². The zero-order valence-corrected chi connectivity index (χ0v) is 13.8. The van der Waals surface area contributed by atoms with Gasteiger partial charge in [-0.15, -0.1) is 23.5 Å². The second-order valence-corrected chi connectivity index (χ2v) is 7.98. The Hall–Kier alpha value is -1.79. The number of carboxylic acid groups (broad SMARTS) is 1. The van der Waals surface area contributed by atoms with Crippen molar-refractivity contribution in [2.45, 2.75) is 4.58 Å². The highest BCUT2D eigenvalue weighted by molar-refractivity contribution is 8.19. The average Bonchev–Trinajstić information content (AvgIpc) is 3.25. The molecule has 0 saturated carbocycles. The van der Waals surface area contributed by atoms with Crippen molar-refractivity contribution in [1.82, 2.24) is 0 Å². The first-order valence-electron chi connectivity index (χ1n) is 7.23. The zero-order valence-electron chi connectivity index (χ0n) is 12.2. The molecule has 4 nitrogen and oxygen atoms in total. The molecule has 0 atom stereocenters. The Morgan fingerprint density at radius 3 is 2.61 bits per heavy atom. The summed E-state index contributed by atoms with van der Waals surface area (Å²) in [6.07, 6.45) is 0. The minimum absolute atomic E-state index is 0.208. The lowest BCUT2D eigenvalue weighted by Crippen LogP contribution is -2.01. The number of hydrogen-bond donors (Lipinski definition) is 1. The lowest BCUT2D eigenvalue weighted by molar-refractivity contribution is 0.0697. The summed E-state index contributed by atoms with van der Waals surface area (Å²) in [6.45, 7) is 0.208. The summed E-state index contributed by atoms with van der Waals surface area (Å²) in [6, 6.07) is 11.3. The van der Waals surface area contributed by atoms with Crippen molar-refractivity contribution in [3.63, 3.8) is 0 Å². The first-order chi connectivity index (χ1) is 11.2. The Morgan fingerprint density at radius 1 is 1.04 bits per heavy atom. The molecule has 0 radical (unpaired) electrons. The summed E-state index contributed by atoms with van der Waals surface area (Å²) in [4.78, 5) is 11.7. The highest BCUT2D eigenvalue weighted by atomic mass is 32.2. The fourth-order valence-corrected chi connectivity index (χ4v) is 5.59. The van der Waals surface area contributed by atoms with Gasteiger partial charge in [-0.25, -0.2) is 4.79 Å². The van der Waals surface area contributed by atoms with Crippen LogP contribution in [0.4, 0.5) is 0 Å². The highest BCUT2D eigenvalue weighted by Crippen LogP contribution is 2.46. The molecule has 1 N–H and O–H groups in total. The van der Waals surface area contributed by atoms with Gasteiger partial charge in [-0.05, 0) is 34.9 Å². The van der Waals surface area contributed by atoms with Crippen LogP contribution in [-0.2, 0) is 0 Å². The lowest BCUT2D eigenvalue weighted by atomic mass is 9.97. The smallest absolute Gasteiger partial charge is 0.336 e. The second-order valence-electron chi connectivity index (χ2n) is 5.25. The van der Waals surface area contributed by atoms with Crippen LogP contribution in [-0.4, -0.2) is 29.4 Å². The van der Waals surface area contributed by atoms with Crippen LogP contribution < -0.4 is 9.47 Å². The molecule has 2 aromatic rings. The Kier molecular flexibility index (Phi) is 3.87. The summed E-state index contributed by atoms with van der Waals surface area (Å²) >= 11 is 3.73. The molecule has 2 aliphatic rings. The number of fused-ring (bicyclic) bond motifs is 1. The Morgan fingerprint density at radius 2 is 1.83 bits per heavy atom. The molecule has 4 rings (SSSR count). The number of thioether (sulfide) groups is 2. The van der Waals surface area contributed by atoms with E-state index in [0.29, 0.717) is 27.2 Å². The molecule has 2 aromatic carbocycles. The molecule has 23 heavy (non-hydrogen) atoms. The molecule has 2 heterocycles. The van der Waals surface area contributed by atoms with E-state index in [4.69, 9.17) is 9.47 Å². The molecule has 0 bridgehead atoms. The standard InChI is InChI=1S/C17H14O4S2/c18-16(19)13-7-11(17-22-5-6-23-17)1-3-12(13)10-2-4-14-15(8-10)21-9-20-14/h1-4,7-8,17H,5-6,9H2,(H,18,19). The van der Waals surface area contributed by atoms with Crippen LogP contribution in [0.5, 0.6) is 11.5 Å². The van der Waals surface area contributed by atoms with Crippen LogP contribution in [0.2, 0.25) is 0 Å². The van der Waals surface area contributed by atoms with E-state index < -0.39 is 5.97 Å². The van der Waals surface area contributed by atoms with E-state index in [-0.39, 0.29) is 6.79 Å². The van der Waals surface area contributed by atoms with Crippen LogP contribution in [0.25, 0.3) is 11.1 Å². The van der Waals surface area contributed by atoms with E-state index >= 15 is 0 Å². The number of carbonyl (C=O) groups is 1. The maximum atomic E-state index is 11.7. The molecule has 0 spiro atoms. The monoisotopic (exact) mass is 346 g/mol. The predicted octanol–water partition coefficient (Wildman–Crippen LogP) is 4.26. The number of carboxylic acids is 1. The van der Waals surface area contributed by atoms with E-state index in [1.165, 1.54) is 0 Å². The molecule has 2 aliphatic heterocycles. The Balaban J connectivity index is 1.77. The van der Waals surface area contributed by atoms with Crippen LogP contribution >= 0.6 is 23.5 Å². The molecule has 0 amide bonds. The number of aromatic carboxylic acids is 1. The number of rotatable bonds is 3. The van der Waals surface area contributed by atoms with Crippen molar-refractivity contribution in [1.29, 1.82) is 0 Å². The Labute approximate surface area is 142 Å². The van der Waals surface area contributed by atoms with Crippen molar-refractivity contribution < 1.29 is 19.4 Å². The normalized spacial score (nSPS) is 16.7. The molecule has 1 saturated heterocycles. The summed E-state index contributed by atoms with van der Waals surface area (Å²) in [5, 5.41) is 9.62. The highest BCUT2D eigenvalue weighted by Gasteiger charge is 2.22. The second kappa shape index (κ2) is 6.02. The third-order valence-corrected chi connectivity index (χ3v) is 6.96. The molecular formula is C17H14O4S2. The SMILES string of the molecule is O=C(O)c1cc(C2SCCS2)ccc1-c1ccc2c(c1)OCO2. The van der Waals surface area contributed by atoms with Crippen LogP contribution in [0.3, 0.4) is 0 Å².